The molecule has 2 fully saturated rings. The molecule has 2 aliphatic rings. The number of rotatable bonds is 7. The summed E-state index contributed by atoms with van der Waals surface area (Å²) in [5, 5.41) is 15.0. The molecule has 4 rings (SSSR count). The molecule has 29 heavy (non-hydrogen) atoms. The summed E-state index contributed by atoms with van der Waals surface area (Å²) in [5.41, 5.74) is 1.09. The second-order valence-corrected chi connectivity index (χ2v) is 10.1. The van der Waals surface area contributed by atoms with Crippen molar-refractivity contribution < 1.29 is 9.53 Å². The van der Waals surface area contributed by atoms with E-state index in [-0.39, 0.29) is 12.0 Å². The zero-order chi connectivity index (χ0) is 20.1. The van der Waals surface area contributed by atoms with E-state index in [9.17, 15) is 4.79 Å². The lowest BCUT2D eigenvalue weighted by molar-refractivity contribution is -0.119. The Kier molecular flexibility index (Phi) is 7.26. The first-order chi connectivity index (χ1) is 14.2. The van der Waals surface area contributed by atoms with Crippen LogP contribution in [0, 0.1) is 6.92 Å². The summed E-state index contributed by atoms with van der Waals surface area (Å²) in [4.78, 5) is 13.8. The minimum Gasteiger partial charge on any atom is -0.376 e. The van der Waals surface area contributed by atoms with Crippen LogP contribution in [-0.4, -0.2) is 45.2 Å². The van der Waals surface area contributed by atoms with Crippen molar-refractivity contribution in [1.82, 2.24) is 20.1 Å². The van der Waals surface area contributed by atoms with E-state index in [1.54, 1.807) is 11.3 Å². The van der Waals surface area contributed by atoms with Crippen LogP contribution in [0.4, 0.5) is 0 Å². The van der Waals surface area contributed by atoms with Gasteiger partial charge in [0.05, 0.1) is 18.4 Å². The topological polar surface area (TPSA) is 69.0 Å². The highest BCUT2D eigenvalue weighted by atomic mass is 32.2. The minimum absolute atomic E-state index is 0.0986. The summed E-state index contributed by atoms with van der Waals surface area (Å²) in [6.45, 7) is 3.66. The largest absolute Gasteiger partial charge is 0.376 e. The van der Waals surface area contributed by atoms with Gasteiger partial charge in [0, 0.05) is 28.5 Å². The van der Waals surface area contributed by atoms with Crippen molar-refractivity contribution >= 4 is 29.0 Å². The molecular weight excluding hydrogens is 404 g/mol. The number of amides is 1. The first kappa shape index (κ1) is 20.9. The maximum absolute atomic E-state index is 12.5. The Bertz CT molecular complexity index is 805. The number of nitrogens with one attached hydrogen (secondary N) is 1. The van der Waals surface area contributed by atoms with Gasteiger partial charge in [-0.05, 0) is 38.7 Å². The fourth-order valence-corrected chi connectivity index (χ4v) is 5.59. The molecule has 6 nitrogen and oxygen atoms in total. The second kappa shape index (κ2) is 10.1. The van der Waals surface area contributed by atoms with Gasteiger partial charge in [-0.25, -0.2) is 0 Å². The number of hydrogen-bond donors (Lipinski definition) is 1. The van der Waals surface area contributed by atoms with Crippen LogP contribution in [0.1, 0.15) is 56.2 Å². The monoisotopic (exact) mass is 434 g/mol. The van der Waals surface area contributed by atoms with Gasteiger partial charge in [0.2, 0.25) is 5.91 Å². The van der Waals surface area contributed by atoms with Gasteiger partial charge < -0.3 is 10.1 Å². The van der Waals surface area contributed by atoms with Gasteiger partial charge in [-0.3, -0.25) is 9.36 Å². The molecule has 1 N–H and O–H groups in total. The number of carbonyl (C=O) groups is 1. The predicted octanol–water partition coefficient (Wildman–Crippen LogP) is 4.43. The van der Waals surface area contributed by atoms with E-state index in [1.807, 2.05) is 0 Å². The fourth-order valence-electron chi connectivity index (χ4n) is 4.15. The quantitative estimate of drug-likeness (QED) is 0.516. The number of aromatic nitrogens is 3. The van der Waals surface area contributed by atoms with Gasteiger partial charge in [-0.1, -0.05) is 37.4 Å². The summed E-state index contributed by atoms with van der Waals surface area (Å²) in [6.07, 6.45) is 9.59. The Morgan fingerprint density at radius 2 is 2.07 bits per heavy atom. The third-order valence-electron chi connectivity index (χ3n) is 5.67. The van der Waals surface area contributed by atoms with Crippen LogP contribution in [-0.2, 0) is 16.1 Å². The predicted molar refractivity (Wildman–Crippen MR) is 117 cm³/mol. The molecule has 1 unspecified atom stereocenters. The summed E-state index contributed by atoms with van der Waals surface area (Å²) < 4.78 is 7.99. The molecule has 0 spiro atoms. The standard InChI is InChI=1S/C21H30N4O2S2/c1-15-11-16(13-28-15)20-23-24-21(25(20)12-18-9-6-10-27-18)29-14-19(26)22-17-7-4-2-3-5-8-17/h11,13,17-18H,2-10,12,14H2,1H3,(H,22,26). The summed E-state index contributed by atoms with van der Waals surface area (Å²) in [5.74, 6) is 1.35. The number of ether oxygens (including phenoxy) is 1. The zero-order valence-electron chi connectivity index (χ0n) is 17.1. The van der Waals surface area contributed by atoms with E-state index < -0.39 is 0 Å². The highest BCUT2D eigenvalue weighted by Gasteiger charge is 2.23. The van der Waals surface area contributed by atoms with Crippen LogP contribution in [0.25, 0.3) is 11.4 Å². The smallest absolute Gasteiger partial charge is 0.230 e. The zero-order valence-corrected chi connectivity index (χ0v) is 18.7. The van der Waals surface area contributed by atoms with Crippen molar-refractivity contribution in [2.75, 3.05) is 12.4 Å². The summed E-state index contributed by atoms with van der Waals surface area (Å²) >= 11 is 3.20. The number of carbonyl (C=O) groups excluding carboxylic acids is 1. The average Bonchev–Trinajstić information content (AvgIpc) is 3.41. The molecule has 8 heteroatoms. The van der Waals surface area contributed by atoms with E-state index >= 15 is 0 Å². The first-order valence-corrected chi connectivity index (χ1v) is 12.6. The molecule has 1 aliphatic heterocycles. The van der Waals surface area contributed by atoms with Crippen molar-refractivity contribution in [2.24, 2.45) is 0 Å². The van der Waals surface area contributed by atoms with Crippen LogP contribution in [0.15, 0.2) is 16.6 Å². The minimum atomic E-state index is 0.0986. The first-order valence-electron chi connectivity index (χ1n) is 10.7. The van der Waals surface area contributed by atoms with Crippen LogP contribution in [0.3, 0.4) is 0 Å². The molecule has 158 valence electrons. The lowest BCUT2D eigenvalue weighted by Gasteiger charge is -2.16. The normalized spacial score (nSPS) is 20.7. The third-order valence-corrected chi connectivity index (χ3v) is 7.50. The van der Waals surface area contributed by atoms with Crippen molar-refractivity contribution in [3.63, 3.8) is 0 Å². The van der Waals surface area contributed by atoms with Crippen molar-refractivity contribution in [1.29, 1.82) is 0 Å². The van der Waals surface area contributed by atoms with Crippen LogP contribution in [0.2, 0.25) is 0 Å². The summed E-state index contributed by atoms with van der Waals surface area (Å²) in [7, 11) is 0. The second-order valence-electron chi connectivity index (χ2n) is 8.04. The van der Waals surface area contributed by atoms with E-state index in [2.05, 4.69) is 38.5 Å². The maximum Gasteiger partial charge on any atom is 0.230 e. The van der Waals surface area contributed by atoms with E-state index in [0.29, 0.717) is 11.8 Å². The molecule has 0 bridgehead atoms. The lowest BCUT2D eigenvalue weighted by Crippen LogP contribution is -2.35. The molecule has 2 aromatic rings. The fraction of sp³-hybridized carbons (Fsp3) is 0.667. The maximum atomic E-state index is 12.5. The number of nitrogens with zero attached hydrogens (tertiary/aromatic N) is 3. The Labute approximate surface area is 180 Å². The van der Waals surface area contributed by atoms with E-state index in [1.165, 1.54) is 42.3 Å². The van der Waals surface area contributed by atoms with Crippen molar-refractivity contribution in [3.05, 3.63) is 16.3 Å². The van der Waals surface area contributed by atoms with Gasteiger partial charge in [0.15, 0.2) is 11.0 Å². The van der Waals surface area contributed by atoms with Crippen LogP contribution < -0.4 is 5.32 Å². The van der Waals surface area contributed by atoms with Gasteiger partial charge in [0.25, 0.3) is 0 Å². The molecule has 1 saturated heterocycles. The van der Waals surface area contributed by atoms with Gasteiger partial charge in [0.1, 0.15) is 0 Å². The summed E-state index contributed by atoms with van der Waals surface area (Å²) in [6, 6.07) is 2.48. The van der Waals surface area contributed by atoms with Crippen molar-refractivity contribution in [3.8, 4) is 11.4 Å². The van der Waals surface area contributed by atoms with E-state index in [4.69, 9.17) is 4.74 Å². The number of thioether (sulfide) groups is 1. The molecule has 1 aliphatic carbocycles. The van der Waals surface area contributed by atoms with E-state index in [0.717, 1.165) is 55.4 Å². The Morgan fingerprint density at radius 3 is 2.76 bits per heavy atom. The third kappa shape index (κ3) is 5.61. The lowest BCUT2D eigenvalue weighted by atomic mass is 10.1. The van der Waals surface area contributed by atoms with Gasteiger partial charge in [-0.2, -0.15) is 0 Å². The SMILES string of the molecule is Cc1cc(-c2nnc(SCC(=O)NC3CCCCCC3)n2CC2CCCO2)cs1. The Balaban J connectivity index is 1.43. The van der Waals surface area contributed by atoms with Crippen LogP contribution in [0.5, 0.6) is 0 Å². The highest BCUT2D eigenvalue weighted by Crippen LogP contribution is 2.29. The van der Waals surface area contributed by atoms with Crippen molar-refractivity contribution in [2.45, 2.75) is 82.1 Å². The molecule has 0 radical (unpaired) electrons. The molecular formula is C21H30N4O2S2. The number of hydrogen-bond acceptors (Lipinski definition) is 6. The van der Waals surface area contributed by atoms with Crippen LogP contribution >= 0.6 is 23.1 Å². The molecule has 1 amide bonds. The van der Waals surface area contributed by atoms with Gasteiger partial charge in [-0.15, -0.1) is 21.5 Å². The molecule has 2 aromatic heterocycles. The number of aryl methyl sites for hydroxylation is 1. The molecule has 3 heterocycles. The Morgan fingerprint density at radius 1 is 1.24 bits per heavy atom. The Hall–Kier alpha value is -1.38. The molecule has 1 saturated carbocycles. The number of thiophene rings is 1. The molecule has 1 atom stereocenters. The highest BCUT2D eigenvalue weighted by molar-refractivity contribution is 7.99. The molecule has 0 aromatic carbocycles. The average molecular weight is 435 g/mol. The van der Waals surface area contributed by atoms with Gasteiger partial charge >= 0.3 is 0 Å².